The molecule has 2 rings (SSSR count). The van der Waals surface area contributed by atoms with E-state index < -0.39 is 17.3 Å². The van der Waals surface area contributed by atoms with Gasteiger partial charge in [0.25, 0.3) is 0 Å². The average molecular weight is 328 g/mol. The molecule has 0 amide bonds. The molecule has 0 spiro atoms. The third kappa shape index (κ3) is 3.20. The summed E-state index contributed by atoms with van der Waals surface area (Å²) in [6.45, 7) is 0. The molecule has 1 N–H and O–H groups in total. The monoisotopic (exact) mass is 327 g/mol. The van der Waals surface area contributed by atoms with Crippen LogP contribution < -0.4 is 0 Å². The molecular weight excluding hydrogens is 322 g/mol. The Balaban J connectivity index is 2.34. The van der Waals surface area contributed by atoms with Gasteiger partial charge in [0.1, 0.15) is 6.10 Å². The number of aliphatic hydroxyl groups is 1. The quantitative estimate of drug-likeness (QED) is 0.877. The number of hydrogen-bond donors (Lipinski definition) is 1. The van der Waals surface area contributed by atoms with Crippen LogP contribution in [0.4, 0.5) is 13.2 Å². The lowest BCUT2D eigenvalue weighted by molar-refractivity contribution is -0.137. The van der Waals surface area contributed by atoms with Crippen molar-refractivity contribution in [3.05, 3.63) is 49.9 Å². The Bertz CT molecular complexity index is 600. The van der Waals surface area contributed by atoms with Crippen molar-refractivity contribution in [2.45, 2.75) is 12.3 Å². The van der Waals surface area contributed by atoms with Crippen molar-refractivity contribution in [1.82, 2.24) is 4.98 Å². The third-order valence-electron chi connectivity index (χ3n) is 2.29. The minimum atomic E-state index is -4.52. The van der Waals surface area contributed by atoms with Crippen LogP contribution in [0.3, 0.4) is 0 Å². The van der Waals surface area contributed by atoms with Crippen LogP contribution in [-0.2, 0) is 6.18 Å². The van der Waals surface area contributed by atoms with E-state index in [1.165, 1.54) is 18.2 Å². The first kappa shape index (κ1) is 14.6. The van der Waals surface area contributed by atoms with Crippen molar-refractivity contribution in [2.24, 2.45) is 0 Å². The summed E-state index contributed by atoms with van der Waals surface area (Å²) >= 11 is 12.0. The standard InChI is InChI=1S/C11H6Cl2F3NOS/c12-5-1-2-6(7(13)3-5)9(18)8-4-17-10(19-8)11(14,15)16/h1-4,9,18H. The zero-order valence-corrected chi connectivity index (χ0v) is 11.4. The summed E-state index contributed by atoms with van der Waals surface area (Å²) in [4.78, 5) is 3.31. The number of aromatic nitrogens is 1. The Morgan fingerprint density at radius 1 is 1.26 bits per heavy atom. The van der Waals surface area contributed by atoms with Gasteiger partial charge in [0, 0.05) is 21.8 Å². The van der Waals surface area contributed by atoms with Crippen LogP contribution in [0, 0.1) is 0 Å². The minimum absolute atomic E-state index is 0.0662. The molecule has 2 aromatic rings. The van der Waals surface area contributed by atoms with Gasteiger partial charge in [-0.2, -0.15) is 13.2 Å². The summed E-state index contributed by atoms with van der Waals surface area (Å²) < 4.78 is 37.3. The first-order chi connectivity index (χ1) is 8.79. The highest BCUT2D eigenvalue weighted by atomic mass is 35.5. The van der Waals surface area contributed by atoms with Gasteiger partial charge in [-0.3, -0.25) is 0 Å². The normalized spacial score (nSPS) is 13.6. The first-order valence-corrected chi connectivity index (χ1v) is 6.52. The van der Waals surface area contributed by atoms with Gasteiger partial charge < -0.3 is 5.11 Å². The van der Waals surface area contributed by atoms with Gasteiger partial charge >= 0.3 is 6.18 Å². The Morgan fingerprint density at radius 2 is 1.95 bits per heavy atom. The zero-order valence-electron chi connectivity index (χ0n) is 9.08. The highest BCUT2D eigenvalue weighted by Crippen LogP contribution is 2.37. The Morgan fingerprint density at radius 3 is 2.47 bits per heavy atom. The molecule has 0 aliphatic heterocycles. The third-order valence-corrected chi connectivity index (χ3v) is 3.95. The van der Waals surface area contributed by atoms with Crippen molar-refractivity contribution in [2.75, 3.05) is 0 Å². The number of alkyl halides is 3. The van der Waals surface area contributed by atoms with Crippen molar-refractivity contribution >= 4 is 34.5 Å². The minimum Gasteiger partial charge on any atom is -0.383 e. The lowest BCUT2D eigenvalue weighted by Gasteiger charge is -2.10. The highest BCUT2D eigenvalue weighted by molar-refractivity contribution is 7.11. The molecule has 19 heavy (non-hydrogen) atoms. The van der Waals surface area contributed by atoms with E-state index in [9.17, 15) is 18.3 Å². The van der Waals surface area contributed by atoms with Crippen molar-refractivity contribution in [3.8, 4) is 0 Å². The number of halogens is 5. The van der Waals surface area contributed by atoms with Gasteiger partial charge in [-0.25, -0.2) is 4.98 Å². The van der Waals surface area contributed by atoms with E-state index in [-0.39, 0.29) is 15.5 Å². The number of benzene rings is 1. The van der Waals surface area contributed by atoms with E-state index in [0.29, 0.717) is 16.4 Å². The number of aliphatic hydroxyl groups excluding tert-OH is 1. The predicted molar refractivity (Wildman–Crippen MR) is 67.6 cm³/mol. The van der Waals surface area contributed by atoms with E-state index in [1.54, 1.807) is 0 Å². The second-order valence-electron chi connectivity index (χ2n) is 3.63. The van der Waals surface area contributed by atoms with Crippen LogP contribution in [0.5, 0.6) is 0 Å². The fraction of sp³-hybridized carbons (Fsp3) is 0.182. The van der Waals surface area contributed by atoms with Gasteiger partial charge in [0.05, 0.1) is 4.88 Å². The van der Waals surface area contributed by atoms with Crippen molar-refractivity contribution in [1.29, 1.82) is 0 Å². The second-order valence-corrected chi connectivity index (χ2v) is 5.54. The molecule has 1 atom stereocenters. The van der Waals surface area contributed by atoms with E-state index in [2.05, 4.69) is 4.98 Å². The molecule has 0 saturated heterocycles. The molecule has 0 aliphatic rings. The molecule has 1 aromatic heterocycles. The molecule has 0 radical (unpaired) electrons. The highest BCUT2D eigenvalue weighted by Gasteiger charge is 2.35. The molecular formula is C11H6Cl2F3NOS. The molecule has 0 bridgehead atoms. The smallest absolute Gasteiger partial charge is 0.383 e. The molecule has 1 unspecified atom stereocenters. The lowest BCUT2D eigenvalue weighted by atomic mass is 10.1. The molecule has 8 heteroatoms. The van der Waals surface area contributed by atoms with E-state index in [1.807, 2.05) is 0 Å². The van der Waals surface area contributed by atoms with Crippen LogP contribution in [0.15, 0.2) is 24.4 Å². The van der Waals surface area contributed by atoms with Crippen molar-refractivity contribution in [3.63, 3.8) is 0 Å². The predicted octanol–water partition coefficient (Wildman–Crippen LogP) is 4.55. The summed E-state index contributed by atoms with van der Waals surface area (Å²) in [5.74, 6) is 0. The Kier molecular flexibility index (Phi) is 4.06. The van der Waals surface area contributed by atoms with E-state index >= 15 is 0 Å². The van der Waals surface area contributed by atoms with E-state index in [4.69, 9.17) is 23.2 Å². The second kappa shape index (κ2) is 5.28. The van der Waals surface area contributed by atoms with Gasteiger partial charge in [-0.05, 0) is 12.1 Å². The van der Waals surface area contributed by atoms with Crippen LogP contribution in [0.1, 0.15) is 21.6 Å². The lowest BCUT2D eigenvalue weighted by Crippen LogP contribution is -2.03. The summed E-state index contributed by atoms with van der Waals surface area (Å²) in [5, 5.41) is 9.57. The number of hydrogen-bond acceptors (Lipinski definition) is 3. The van der Waals surface area contributed by atoms with Crippen LogP contribution in [-0.4, -0.2) is 10.1 Å². The fourth-order valence-electron chi connectivity index (χ4n) is 1.42. The summed E-state index contributed by atoms with van der Waals surface area (Å²) in [5.41, 5.74) is 0.281. The maximum absolute atomic E-state index is 12.4. The zero-order chi connectivity index (χ0) is 14.2. The number of nitrogens with zero attached hydrogens (tertiary/aromatic N) is 1. The van der Waals surface area contributed by atoms with Gasteiger partial charge in [-0.1, -0.05) is 29.3 Å². The number of rotatable bonds is 2. The topological polar surface area (TPSA) is 33.1 Å². The molecule has 0 saturated carbocycles. The van der Waals surface area contributed by atoms with Gasteiger partial charge in [0.15, 0.2) is 5.01 Å². The van der Waals surface area contributed by atoms with E-state index in [0.717, 1.165) is 6.20 Å². The van der Waals surface area contributed by atoms with Crippen LogP contribution >= 0.6 is 34.5 Å². The fourth-order valence-corrected chi connectivity index (χ4v) is 2.72. The molecule has 2 nitrogen and oxygen atoms in total. The molecule has 1 aromatic carbocycles. The summed E-state index contributed by atoms with van der Waals surface area (Å²) in [6.07, 6.45) is -4.80. The van der Waals surface area contributed by atoms with Crippen LogP contribution in [0.25, 0.3) is 0 Å². The Hall–Kier alpha value is -0.820. The summed E-state index contributed by atoms with van der Waals surface area (Å²) in [7, 11) is 0. The summed E-state index contributed by atoms with van der Waals surface area (Å²) in [6, 6.07) is 4.37. The molecule has 0 fully saturated rings. The SMILES string of the molecule is OC(c1cnc(C(F)(F)F)s1)c1ccc(Cl)cc1Cl. The van der Waals surface area contributed by atoms with Gasteiger partial charge in [-0.15, -0.1) is 11.3 Å². The number of thiazole rings is 1. The molecule has 0 aliphatic carbocycles. The average Bonchev–Trinajstić information content (AvgIpc) is 2.76. The van der Waals surface area contributed by atoms with Gasteiger partial charge in [0.2, 0.25) is 0 Å². The van der Waals surface area contributed by atoms with Crippen molar-refractivity contribution < 1.29 is 18.3 Å². The molecule has 102 valence electrons. The Labute approximate surface area is 120 Å². The molecule has 1 heterocycles. The maximum Gasteiger partial charge on any atom is 0.443 e. The van der Waals surface area contributed by atoms with Crippen LogP contribution in [0.2, 0.25) is 10.0 Å². The first-order valence-electron chi connectivity index (χ1n) is 4.95. The maximum atomic E-state index is 12.4. The largest absolute Gasteiger partial charge is 0.443 e.